The quantitative estimate of drug-likeness (QED) is 0.286. The largest absolute Gasteiger partial charge is 0.355 e. The van der Waals surface area contributed by atoms with Crippen LogP contribution in [0.15, 0.2) is 102 Å². The SMILES string of the molecule is NC1C2=C(C(=O)c3ccccc3C2=O)C(Nc2ccc3cc4ccccc4cc3c2)=CC1S(=O)(=O)O. The second-order valence-electron chi connectivity index (χ2n) is 8.96. The maximum atomic E-state index is 13.5. The molecule has 7 nitrogen and oxygen atoms in total. The lowest BCUT2D eigenvalue weighted by Crippen LogP contribution is -2.48. The standard InChI is InChI=1S/C28H20N2O5S/c29-26-23(36(33,34)35)14-22(24-25(26)28(32)21-8-4-3-7-20(21)27(24)31)30-19-10-9-17-11-15-5-1-2-6-16(15)12-18(17)13-19/h1-14,23,26,30H,29H2,(H,33,34,35). The average Bonchev–Trinajstić information content (AvgIpc) is 2.86. The molecule has 0 amide bonds. The maximum absolute atomic E-state index is 13.5. The number of nitrogens with two attached hydrogens (primary N) is 1. The normalized spacial score (nSPS) is 19.8. The van der Waals surface area contributed by atoms with E-state index in [-0.39, 0.29) is 28.0 Å². The smallest absolute Gasteiger partial charge is 0.273 e. The van der Waals surface area contributed by atoms with Crippen LogP contribution in [0.5, 0.6) is 0 Å². The molecule has 0 radical (unpaired) electrons. The van der Waals surface area contributed by atoms with Crippen molar-refractivity contribution in [2.75, 3.05) is 5.32 Å². The number of hydrogen-bond donors (Lipinski definition) is 3. The summed E-state index contributed by atoms with van der Waals surface area (Å²) in [5.74, 6) is -0.964. The van der Waals surface area contributed by atoms with Gasteiger partial charge < -0.3 is 11.1 Å². The average molecular weight is 497 g/mol. The zero-order valence-corrected chi connectivity index (χ0v) is 19.6. The van der Waals surface area contributed by atoms with E-state index in [1.165, 1.54) is 12.1 Å². The van der Waals surface area contributed by atoms with Crippen LogP contribution in [0.25, 0.3) is 21.5 Å². The van der Waals surface area contributed by atoms with E-state index in [4.69, 9.17) is 5.73 Å². The summed E-state index contributed by atoms with van der Waals surface area (Å²) in [4.78, 5) is 26.9. The minimum atomic E-state index is -4.67. The lowest BCUT2D eigenvalue weighted by Gasteiger charge is -2.33. The van der Waals surface area contributed by atoms with Crippen molar-refractivity contribution in [1.29, 1.82) is 0 Å². The second kappa shape index (κ2) is 7.96. The topological polar surface area (TPSA) is 127 Å². The molecule has 0 saturated heterocycles. The molecule has 4 aromatic carbocycles. The highest BCUT2D eigenvalue weighted by atomic mass is 32.2. The predicted molar refractivity (Wildman–Crippen MR) is 139 cm³/mol. The summed E-state index contributed by atoms with van der Waals surface area (Å²) < 4.78 is 34.3. The highest BCUT2D eigenvalue weighted by molar-refractivity contribution is 7.86. The molecule has 0 aliphatic heterocycles. The van der Waals surface area contributed by atoms with E-state index >= 15 is 0 Å². The molecular formula is C28H20N2O5S. The lowest BCUT2D eigenvalue weighted by molar-refractivity contribution is 0.0970. The highest BCUT2D eigenvalue weighted by Crippen LogP contribution is 2.38. The molecule has 2 aliphatic carbocycles. The number of anilines is 1. The molecule has 0 bridgehead atoms. The van der Waals surface area contributed by atoms with Gasteiger partial charge in [0.05, 0.1) is 11.6 Å². The van der Waals surface area contributed by atoms with Crippen LogP contribution in [0.4, 0.5) is 5.69 Å². The molecule has 4 aromatic rings. The van der Waals surface area contributed by atoms with Gasteiger partial charge >= 0.3 is 0 Å². The second-order valence-corrected chi connectivity index (χ2v) is 10.5. The number of benzene rings is 4. The fraction of sp³-hybridized carbons (Fsp3) is 0.0714. The fourth-order valence-electron chi connectivity index (χ4n) is 5.04. The third-order valence-corrected chi connectivity index (χ3v) is 7.89. The first kappa shape index (κ1) is 22.4. The van der Waals surface area contributed by atoms with Gasteiger partial charge in [0.25, 0.3) is 10.1 Å². The number of rotatable bonds is 3. The Kier molecular flexibility index (Phi) is 4.94. The molecule has 2 unspecified atom stereocenters. The van der Waals surface area contributed by atoms with E-state index in [0.717, 1.165) is 21.5 Å². The molecule has 0 spiro atoms. The number of ketones is 2. The summed E-state index contributed by atoms with van der Waals surface area (Å²) in [5, 5.41) is 5.64. The maximum Gasteiger partial charge on any atom is 0.273 e. The van der Waals surface area contributed by atoms with Crippen LogP contribution >= 0.6 is 0 Å². The van der Waals surface area contributed by atoms with Gasteiger partial charge in [0, 0.05) is 28.1 Å². The van der Waals surface area contributed by atoms with Crippen LogP contribution in [0.2, 0.25) is 0 Å². The van der Waals surface area contributed by atoms with Crippen LogP contribution in [0, 0.1) is 0 Å². The van der Waals surface area contributed by atoms with E-state index in [9.17, 15) is 22.6 Å². The Labute approximate surface area is 206 Å². The van der Waals surface area contributed by atoms with E-state index in [0.29, 0.717) is 5.69 Å². The number of hydrogen-bond acceptors (Lipinski definition) is 6. The molecule has 2 aliphatic rings. The van der Waals surface area contributed by atoms with Crippen molar-refractivity contribution < 1.29 is 22.6 Å². The third-order valence-electron chi connectivity index (χ3n) is 6.77. The van der Waals surface area contributed by atoms with Gasteiger partial charge in [0.2, 0.25) is 0 Å². The van der Waals surface area contributed by atoms with Crippen molar-refractivity contribution in [3.05, 3.63) is 113 Å². The monoisotopic (exact) mass is 496 g/mol. The Morgan fingerprint density at radius 1 is 0.750 bits per heavy atom. The fourth-order valence-corrected chi connectivity index (χ4v) is 5.86. The van der Waals surface area contributed by atoms with Crippen molar-refractivity contribution in [2.45, 2.75) is 11.3 Å². The van der Waals surface area contributed by atoms with Gasteiger partial charge in [-0.05, 0) is 51.9 Å². The molecule has 2 atom stereocenters. The van der Waals surface area contributed by atoms with Crippen molar-refractivity contribution in [3.63, 3.8) is 0 Å². The first-order valence-corrected chi connectivity index (χ1v) is 12.8. The summed E-state index contributed by atoms with van der Waals surface area (Å²) in [6.45, 7) is 0. The van der Waals surface area contributed by atoms with Gasteiger partial charge in [0.1, 0.15) is 5.25 Å². The van der Waals surface area contributed by atoms with Crippen LogP contribution in [-0.4, -0.2) is 35.8 Å². The van der Waals surface area contributed by atoms with Crippen molar-refractivity contribution in [1.82, 2.24) is 0 Å². The number of fused-ring (bicyclic) bond motifs is 3. The van der Waals surface area contributed by atoms with Crippen molar-refractivity contribution >= 4 is 48.9 Å². The third kappa shape index (κ3) is 3.46. The van der Waals surface area contributed by atoms with Gasteiger partial charge in [-0.3, -0.25) is 14.1 Å². The van der Waals surface area contributed by atoms with Gasteiger partial charge in [-0.25, -0.2) is 0 Å². The number of nitrogens with one attached hydrogen (secondary N) is 1. The number of Topliss-reactive ketones (excluding diaryl/α,β-unsaturated/α-hetero) is 2. The molecule has 6 rings (SSSR count). The number of allylic oxidation sites excluding steroid dienone is 1. The zero-order chi connectivity index (χ0) is 25.2. The summed E-state index contributed by atoms with van der Waals surface area (Å²) in [6.07, 6.45) is 1.21. The predicted octanol–water partition coefficient (Wildman–Crippen LogP) is 4.26. The first-order chi connectivity index (χ1) is 17.2. The van der Waals surface area contributed by atoms with Gasteiger partial charge in [-0.15, -0.1) is 0 Å². The Balaban J connectivity index is 1.50. The van der Waals surface area contributed by atoms with Crippen molar-refractivity contribution in [3.8, 4) is 0 Å². The molecule has 4 N–H and O–H groups in total. The van der Waals surface area contributed by atoms with Crippen LogP contribution in [0.3, 0.4) is 0 Å². The molecule has 0 saturated carbocycles. The molecule has 178 valence electrons. The molecule has 36 heavy (non-hydrogen) atoms. The van der Waals surface area contributed by atoms with Crippen molar-refractivity contribution in [2.24, 2.45) is 5.73 Å². The van der Waals surface area contributed by atoms with E-state index in [1.54, 1.807) is 24.3 Å². The Morgan fingerprint density at radius 2 is 1.33 bits per heavy atom. The minimum Gasteiger partial charge on any atom is -0.355 e. The molecule has 0 heterocycles. The highest BCUT2D eigenvalue weighted by Gasteiger charge is 2.44. The summed E-state index contributed by atoms with van der Waals surface area (Å²) in [6, 6.07) is 22.6. The van der Waals surface area contributed by atoms with Gasteiger partial charge in [-0.2, -0.15) is 8.42 Å². The summed E-state index contributed by atoms with van der Waals surface area (Å²) >= 11 is 0. The summed E-state index contributed by atoms with van der Waals surface area (Å²) in [5.41, 5.74) is 7.13. The Hall–Kier alpha value is -4.11. The van der Waals surface area contributed by atoms with Crippen LogP contribution in [-0.2, 0) is 10.1 Å². The molecular weight excluding hydrogens is 476 g/mol. The Bertz CT molecular complexity index is 1800. The van der Waals surface area contributed by atoms with Gasteiger partial charge in [-0.1, -0.05) is 54.6 Å². The lowest BCUT2D eigenvalue weighted by atomic mass is 9.76. The Morgan fingerprint density at radius 3 is 2.00 bits per heavy atom. The number of carbonyl (C=O) groups is 2. The number of carbonyl (C=O) groups excluding carboxylic acids is 2. The van der Waals surface area contributed by atoms with Crippen LogP contribution in [0.1, 0.15) is 20.7 Å². The van der Waals surface area contributed by atoms with E-state index in [1.807, 2.05) is 42.5 Å². The van der Waals surface area contributed by atoms with E-state index in [2.05, 4.69) is 11.4 Å². The van der Waals surface area contributed by atoms with Gasteiger partial charge in [0.15, 0.2) is 11.6 Å². The molecule has 0 fully saturated rings. The van der Waals surface area contributed by atoms with Crippen LogP contribution < -0.4 is 11.1 Å². The summed E-state index contributed by atoms with van der Waals surface area (Å²) in [7, 11) is -4.67. The molecule has 8 heteroatoms. The van der Waals surface area contributed by atoms with E-state index < -0.39 is 33.0 Å². The molecule has 0 aromatic heterocycles. The first-order valence-electron chi connectivity index (χ1n) is 11.3. The minimum absolute atomic E-state index is 0.0182. The zero-order valence-electron chi connectivity index (χ0n) is 18.8.